The van der Waals surface area contributed by atoms with Crippen molar-refractivity contribution in [2.75, 3.05) is 26.7 Å². The van der Waals surface area contributed by atoms with E-state index in [1.54, 1.807) is 43.0 Å². The second-order valence-electron chi connectivity index (χ2n) is 15.0. The van der Waals surface area contributed by atoms with Crippen molar-refractivity contribution in [2.45, 2.75) is 78.1 Å². The highest BCUT2D eigenvalue weighted by molar-refractivity contribution is 5.86. The second kappa shape index (κ2) is 16.0. The summed E-state index contributed by atoms with van der Waals surface area (Å²) in [6.45, 7) is 10.9. The zero-order chi connectivity index (χ0) is 38.6. The second-order valence-corrected chi connectivity index (χ2v) is 15.0. The molecule has 2 saturated heterocycles. The van der Waals surface area contributed by atoms with Crippen LogP contribution in [-0.2, 0) is 20.8 Å². The molecule has 15 nitrogen and oxygen atoms in total. The SMILES string of the molecule is COC(=O)N[C@H](C(=O)N1CCC[C@H]1c1ncc(-c2ccc(-c3ccc(-c4cnc(CN5CCCN(NC(=O)OC(C)(C)C)C5=O)[nH]4)cc3)cc2)[nH]1)C(C)C. The van der Waals surface area contributed by atoms with Gasteiger partial charge in [-0.2, -0.15) is 0 Å². The first-order valence-electron chi connectivity index (χ1n) is 18.3. The van der Waals surface area contributed by atoms with E-state index in [2.05, 4.69) is 54.9 Å². The Balaban J connectivity index is 1.06. The van der Waals surface area contributed by atoms with Gasteiger partial charge in [-0.3, -0.25) is 4.79 Å². The van der Waals surface area contributed by atoms with Crippen LogP contribution in [-0.4, -0.2) is 97.3 Å². The Bertz CT molecular complexity index is 1950. The maximum absolute atomic E-state index is 13.5. The molecule has 6 rings (SSSR count). The number of likely N-dealkylation sites (tertiary alicyclic amines) is 1. The van der Waals surface area contributed by atoms with Gasteiger partial charge >= 0.3 is 18.2 Å². The lowest BCUT2D eigenvalue weighted by Crippen LogP contribution is -2.56. The van der Waals surface area contributed by atoms with E-state index < -0.39 is 23.8 Å². The number of aromatic amines is 2. The van der Waals surface area contributed by atoms with Gasteiger partial charge in [-0.25, -0.2) is 34.8 Å². The number of alkyl carbamates (subject to hydrolysis) is 1. The molecule has 0 aliphatic carbocycles. The molecule has 5 amide bonds. The van der Waals surface area contributed by atoms with E-state index >= 15 is 0 Å². The van der Waals surface area contributed by atoms with Gasteiger partial charge in [0.05, 0.1) is 43.5 Å². The Morgan fingerprint density at radius 3 is 2.07 bits per heavy atom. The molecule has 0 spiro atoms. The lowest BCUT2D eigenvalue weighted by atomic mass is 10.0. The monoisotopic (exact) mass is 739 g/mol. The average molecular weight is 740 g/mol. The van der Waals surface area contributed by atoms with Crippen molar-refractivity contribution in [1.82, 2.24) is 45.5 Å². The number of carbonyl (C=O) groups is 4. The fourth-order valence-corrected chi connectivity index (χ4v) is 6.74. The van der Waals surface area contributed by atoms with Crippen molar-refractivity contribution in [1.29, 1.82) is 0 Å². The summed E-state index contributed by atoms with van der Waals surface area (Å²) in [5.41, 5.74) is 7.59. The average Bonchev–Trinajstić information content (AvgIpc) is 3.93. The third-order valence-electron chi connectivity index (χ3n) is 9.47. The summed E-state index contributed by atoms with van der Waals surface area (Å²) in [6, 6.07) is 15.2. The molecule has 2 aromatic carbocycles. The number of rotatable bonds is 10. The van der Waals surface area contributed by atoms with E-state index in [0.29, 0.717) is 31.9 Å². The quantitative estimate of drug-likeness (QED) is 0.148. The number of carbonyl (C=O) groups excluding carboxylic acids is 4. The Kier molecular flexibility index (Phi) is 11.2. The number of ether oxygens (including phenoxy) is 2. The Morgan fingerprint density at radius 1 is 0.852 bits per heavy atom. The highest BCUT2D eigenvalue weighted by Crippen LogP contribution is 2.33. The number of methoxy groups -OCH3 is 1. The maximum atomic E-state index is 13.5. The highest BCUT2D eigenvalue weighted by atomic mass is 16.6. The van der Waals surface area contributed by atoms with E-state index in [9.17, 15) is 19.2 Å². The van der Waals surface area contributed by atoms with Crippen LogP contribution in [0.2, 0.25) is 0 Å². The van der Waals surface area contributed by atoms with Crippen molar-refractivity contribution in [3.05, 3.63) is 72.6 Å². The molecule has 2 aliphatic rings. The van der Waals surface area contributed by atoms with E-state index in [1.807, 2.05) is 38.1 Å². The van der Waals surface area contributed by atoms with E-state index in [-0.39, 0.29) is 30.4 Å². The molecule has 2 fully saturated rings. The summed E-state index contributed by atoms with van der Waals surface area (Å²) < 4.78 is 10.0. The number of imidazole rings is 2. The van der Waals surface area contributed by atoms with Crippen LogP contribution in [0.5, 0.6) is 0 Å². The lowest BCUT2D eigenvalue weighted by Gasteiger charge is -2.35. The number of benzene rings is 2. The highest BCUT2D eigenvalue weighted by Gasteiger charge is 2.37. The number of aromatic nitrogens is 4. The normalized spacial score (nSPS) is 16.8. The number of hydrogen-bond acceptors (Lipinski definition) is 8. The Hall–Kier alpha value is -5.86. The Morgan fingerprint density at radius 2 is 1.46 bits per heavy atom. The zero-order valence-electron chi connectivity index (χ0n) is 31.6. The van der Waals surface area contributed by atoms with E-state index in [4.69, 9.17) is 9.47 Å². The van der Waals surface area contributed by atoms with Crippen LogP contribution in [0.15, 0.2) is 60.9 Å². The molecule has 4 N–H and O–H groups in total. The molecule has 0 saturated carbocycles. The van der Waals surface area contributed by atoms with E-state index in [1.165, 1.54) is 12.1 Å². The van der Waals surface area contributed by atoms with Crippen molar-refractivity contribution in [2.24, 2.45) is 5.92 Å². The van der Waals surface area contributed by atoms with Gasteiger partial charge in [0.2, 0.25) is 5.91 Å². The first-order chi connectivity index (χ1) is 25.8. The van der Waals surface area contributed by atoms with Crippen LogP contribution in [0, 0.1) is 5.92 Å². The summed E-state index contributed by atoms with van der Waals surface area (Å²) >= 11 is 0. The zero-order valence-corrected chi connectivity index (χ0v) is 31.6. The first-order valence-corrected chi connectivity index (χ1v) is 18.3. The molecule has 15 heteroatoms. The smallest absolute Gasteiger partial charge is 0.426 e. The molecule has 2 aromatic heterocycles. The van der Waals surface area contributed by atoms with Gasteiger partial charge in [-0.1, -0.05) is 62.4 Å². The molecule has 2 atom stereocenters. The number of nitrogens with zero attached hydrogens (tertiary/aromatic N) is 5. The van der Waals surface area contributed by atoms with Crippen molar-refractivity contribution in [3.8, 4) is 33.6 Å². The van der Waals surface area contributed by atoms with Gasteiger partial charge < -0.3 is 34.6 Å². The Labute approximate surface area is 314 Å². The molecule has 4 aromatic rings. The number of hydrogen-bond donors (Lipinski definition) is 4. The number of hydrazine groups is 1. The van der Waals surface area contributed by atoms with Gasteiger partial charge in [-0.05, 0) is 68.2 Å². The summed E-state index contributed by atoms with van der Waals surface area (Å²) in [4.78, 5) is 70.1. The van der Waals surface area contributed by atoms with Gasteiger partial charge in [0, 0.05) is 19.6 Å². The third-order valence-corrected chi connectivity index (χ3v) is 9.47. The van der Waals surface area contributed by atoms with Gasteiger partial charge in [0.1, 0.15) is 23.3 Å². The van der Waals surface area contributed by atoms with Crippen LogP contribution in [0.1, 0.15) is 71.6 Å². The lowest BCUT2D eigenvalue weighted by molar-refractivity contribution is -0.135. The van der Waals surface area contributed by atoms with Crippen molar-refractivity contribution >= 4 is 24.1 Å². The number of H-pyrrole nitrogens is 2. The molecule has 4 heterocycles. The maximum Gasteiger partial charge on any atom is 0.426 e. The van der Waals surface area contributed by atoms with Gasteiger partial charge in [0.25, 0.3) is 0 Å². The molecular weight excluding hydrogens is 690 g/mol. The minimum Gasteiger partial charge on any atom is -0.453 e. The van der Waals surface area contributed by atoms with Crippen LogP contribution in [0.3, 0.4) is 0 Å². The summed E-state index contributed by atoms with van der Waals surface area (Å²) in [6.07, 6.45) is 4.58. The standard InChI is InChI=1S/C39H49N9O6/c1-24(2)33(44-36(50)53-6)35(49)47-19-7-9-31(47)34-41-22-30(43-34)28-16-12-26(13-17-28)25-10-14-27(15-11-25)29-21-40-32(42-29)23-46-18-8-20-48(38(46)52)45-37(51)54-39(3,4)5/h10-17,21-22,24,31,33H,7-9,18-20,23H2,1-6H3,(H,40,42)(H,41,43)(H,44,50)(H,45,51)/t31-,33-/m0/s1. The predicted molar refractivity (Wildman–Crippen MR) is 201 cm³/mol. The molecule has 0 unspecified atom stereocenters. The molecule has 0 bridgehead atoms. The van der Waals surface area contributed by atoms with Crippen LogP contribution >= 0.6 is 0 Å². The minimum absolute atomic E-state index is 0.105. The largest absolute Gasteiger partial charge is 0.453 e. The molecule has 0 radical (unpaired) electrons. The van der Waals surface area contributed by atoms with Crippen LogP contribution in [0.25, 0.3) is 33.6 Å². The number of amides is 5. The fourth-order valence-electron chi connectivity index (χ4n) is 6.74. The molecular formula is C39H49N9O6. The predicted octanol–water partition coefficient (Wildman–Crippen LogP) is 6.25. The molecule has 2 aliphatic heterocycles. The first kappa shape index (κ1) is 37.9. The molecule has 286 valence electrons. The van der Waals surface area contributed by atoms with Crippen LogP contribution < -0.4 is 10.7 Å². The van der Waals surface area contributed by atoms with Crippen LogP contribution in [0.4, 0.5) is 14.4 Å². The summed E-state index contributed by atoms with van der Waals surface area (Å²) in [5, 5.41) is 3.97. The fraction of sp³-hybridized carbons (Fsp3) is 0.436. The van der Waals surface area contributed by atoms with Crippen molar-refractivity contribution in [3.63, 3.8) is 0 Å². The van der Waals surface area contributed by atoms with E-state index in [0.717, 1.165) is 52.3 Å². The van der Waals surface area contributed by atoms with Gasteiger partial charge in [0.15, 0.2) is 0 Å². The molecule has 54 heavy (non-hydrogen) atoms. The third kappa shape index (κ3) is 8.84. The number of urea groups is 1. The summed E-state index contributed by atoms with van der Waals surface area (Å²) in [7, 11) is 1.29. The van der Waals surface area contributed by atoms with Crippen molar-refractivity contribution < 1.29 is 28.7 Å². The topological polar surface area (TPSA) is 178 Å². The summed E-state index contributed by atoms with van der Waals surface area (Å²) in [5.74, 6) is 1.11. The number of nitrogens with one attached hydrogen (secondary N) is 4. The minimum atomic E-state index is -0.688. The van der Waals surface area contributed by atoms with Gasteiger partial charge in [-0.15, -0.1) is 0 Å².